The summed E-state index contributed by atoms with van der Waals surface area (Å²) in [7, 11) is -4.51. The predicted molar refractivity (Wildman–Crippen MR) is 116 cm³/mol. The lowest BCUT2D eigenvalue weighted by atomic mass is 10.3. The van der Waals surface area contributed by atoms with Gasteiger partial charge in [-0.15, -0.1) is 0 Å². The van der Waals surface area contributed by atoms with Gasteiger partial charge in [-0.2, -0.15) is 4.31 Å². The Balaban J connectivity index is 1.78. The topological polar surface area (TPSA) is 111 Å². The number of benzene rings is 2. The highest BCUT2D eigenvalue weighted by molar-refractivity contribution is 7.92. The minimum absolute atomic E-state index is 0.0504. The van der Waals surface area contributed by atoms with Gasteiger partial charge in [-0.1, -0.05) is 0 Å². The first kappa shape index (κ1) is 23.3. The summed E-state index contributed by atoms with van der Waals surface area (Å²) in [4.78, 5) is 0.0252. The van der Waals surface area contributed by atoms with Gasteiger partial charge in [0, 0.05) is 26.3 Å². The van der Waals surface area contributed by atoms with Crippen LogP contribution in [0.15, 0.2) is 52.3 Å². The van der Waals surface area contributed by atoms with E-state index in [0.717, 1.165) is 12.8 Å². The van der Waals surface area contributed by atoms with Crippen molar-refractivity contribution >= 4 is 25.7 Å². The maximum Gasteiger partial charge on any atom is 0.261 e. The van der Waals surface area contributed by atoms with Crippen LogP contribution in [0.25, 0.3) is 0 Å². The average molecular weight is 471 g/mol. The molecule has 1 aliphatic heterocycles. The zero-order chi connectivity index (χ0) is 22.5. The van der Waals surface area contributed by atoms with E-state index < -0.39 is 20.0 Å². The van der Waals surface area contributed by atoms with Crippen LogP contribution >= 0.6 is 0 Å². The summed E-state index contributed by atoms with van der Waals surface area (Å²) in [6.45, 7) is 1.61. The first-order valence-electron chi connectivity index (χ1n) is 9.71. The van der Waals surface area contributed by atoms with Gasteiger partial charge >= 0.3 is 0 Å². The number of hydrogen-bond donors (Lipinski definition) is 1. The molecule has 2 aromatic carbocycles. The summed E-state index contributed by atoms with van der Waals surface area (Å²) in [6.07, 6.45) is 1.66. The number of hydrogen-bond acceptors (Lipinski definition) is 7. The van der Waals surface area contributed by atoms with Gasteiger partial charge in [-0.25, -0.2) is 16.8 Å². The maximum absolute atomic E-state index is 12.8. The molecule has 11 heteroatoms. The van der Waals surface area contributed by atoms with Crippen LogP contribution in [-0.4, -0.2) is 61.7 Å². The summed E-state index contributed by atoms with van der Waals surface area (Å²) < 4.78 is 70.4. The van der Waals surface area contributed by atoms with E-state index in [4.69, 9.17) is 14.2 Å². The lowest BCUT2D eigenvalue weighted by Crippen LogP contribution is -2.27. The summed E-state index contributed by atoms with van der Waals surface area (Å²) in [5, 5.41) is 0. The molecule has 0 unspecified atom stereocenters. The van der Waals surface area contributed by atoms with Crippen LogP contribution in [0, 0.1) is 0 Å². The molecule has 170 valence electrons. The van der Waals surface area contributed by atoms with Gasteiger partial charge in [-0.05, 0) is 49.2 Å². The first-order chi connectivity index (χ1) is 14.8. The summed E-state index contributed by atoms with van der Waals surface area (Å²) in [5.41, 5.74) is 0.280. The molecule has 0 amide bonds. The van der Waals surface area contributed by atoms with Gasteiger partial charge in [-0.3, -0.25) is 4.72 Å². The van der Waals surface area contributed by atoms with Crippen molar-refractivity contribution in [2.45, 2.75) is 22.6 Å². The Bertz CT molecular complexity index is 1090. The Hall–Kier alpha value is -2.34. The average Bonchev–Trinajstić information content (AvgIpc) is 3.30. The fourth-order valence-electron chi connectivity index (χ4n) is 3.17. The Morgan fingerprint density at radius 2 is 1.52 bits per heavy atom. The third-order valence-electron chi connectivity index (χ3n) is 4.80. The van der Waals surface area contributed by atoms with E-state index in [1.165, 1.54) is 41.7 Å². The van der Waals surface area contributed by atoms with Crippen molar-refractivity contribution < 1.29 is 31.0 Å². The highest BCUT2D eigenvalue weighted by atomic mass is 32.2. The molecule has 31 heavy (non-hydrogen) atoms. The predicted octanol–water partition coefficient (Wildman–Crippen LogP) is 2.31. The second-order valence-electron chi connectivity index (χ2n) is 6.89. The van der Waals surface area contributed by atoms with Gasteiger partial charge < -0.3 is 14.2 Å². The zero-order valence-corrected chi connectivity index (χ0v) is 19.0. The molecule has 0 atom stereocenters. The minimum atomic E-state index is -3.94. The van der Waals surface area contributed by atoms with Crippen molar-refractivity contribution in [2.24, 2.45) is 0 Å². The number of ether oxygens (including phenoxy) is 3. The third-order valence-corrected chi connectivity index (χ3v) is 8.11. The molecule has 0 spiro atoms. The monoisotopic (exact) mass is 470 g/mol. The number of nitrogens with one attached hydrogen (secondary N) is 1. The summed E-state index contributed by atoms with van der Waals surface area (Å²) in [6, 6.07) is 9.84. The van der Waals surface area contributed by atoms with E-state index >= 15 is 0 Å². The lowest BCUT2D eigenvalue weighted by Gasteiger charge is -2.16. The Morgan fingerprint density at radius 1 is 0.871 bits per heavy atom. The quantitative estimate of drug-likeness (QED) is 0.531. The van der Waals surface area contributed by atoms with Gasteiger partial charge in [0.05, 0.1) is 29.2 Å². The second-order valence-corrected chi connectivity index (χ2v) is 10.5. The molecule has 1 aliphatic rings. The Morgan fingerprint density at radius 3 is 2.13 bits per heavy atom. The van der Waals surface area contributed by atoms with Crippen LogP contribution in [-0.2, 0) is 24.8 Å². The largest absolute Gasteiger partial charge is 0.493 e. The van der Waals surface area contributed by atoms with Crippen molar-refractivity contribution in [3.8, 4) is 11.5 Å². The SMILES string of the molecule is COCCOc1cc(NS(=O)(=O)c2ccc(S(=O)(=O)N3CCCC3)cc2)ccc1OC. The van der Waals surface area contributed by atoms with Gasteiger partial charge in [0.25, 0.3) is 10.0 Å². The van der Waals surface area contributed by atoms with Gasteiger partial charge in [0.15, 0.2) is 11.5 Å². The normalized spacial score (nSPS) is 15.0. The van der Waals surface area contributed by atoms with Crippen molar-refractivity contribution in [1.29, 1.82) is 0 Å². The molecule has 0 bridgehead atoms. The van der Waals surface area contributed by atoms with Crippen LogP contribution in [0.1, 0.15) is 12.8 Å². The number of methoxy groups -OCH3 is 2. The second kappa shape index (κ2) is 9.86. The van der Waals surface area contributed by atoms with E-state index in [-0.39, 0.29) is 22.1 Å². The van der Waals surface area contributed by atoms with Crippen LogP contribution < -0.4 is 14.2 Å². The lowest BCUT2D eigenvalue weighted by molar-refractivity contribution is 0.144. The maximum atomic E-state index is 12.8. The number of nitrogens with zero attached hydrogens (tertiary/aromatic N) is 1. The molecule has 1 N–H and O–H groups in total. The van der Waals surface area contributed by atoms with Crippen LogP contribution in [0.5, 0.6) is 11.5 Å². The van der Waals surface area contributed by atoms with Crippen molar-refractivity contribution in [1.82, 2.24) is 4.31 Å². The summed E-state index contributed by atoms with van der Waals surface area (Å²) in [5.74, 6) is 0.822. The molecule has 0 aromatic heterocycles. The van der Waals surface area contributed by atoms with Gasteiger partial charge in [0.2, 0.25) is 10.0 Å². The number of rotatable bonds is 10. The molecule has 0 saturated carbocycles. The Labute approximate surface area is 183 Å². The number of sulfonamides is 2. The molecule has 3 rings (SSSR count). The molecule has 0 aliphatic carbocycles. The first-order valence-corrected chi connectivity index (χ1v) is 12.6. The van der Waals surface area contributed by atoms with Crippen LogP contribution in [0.2, 0.25) is 0 Å². The van der Waals surface area contributed by atoms with E-state index in [1.807, 2.05) is 0 Å². The third kappa shape index (κ3) is 5.48. The molecular formula is C20H26N2O7S2. The minimum Gasteiger partial charge on any atom is -0.493 e. The van der Waals surface area contributed by atoms with E-state index in [0.29, 0.717) is 31.2 Å². The van der Waals surface area contributed by atoms with Gasteiger partial charge in [0.1, 0.15) is 6.61 Å². The molecule has 2 aromatic rings. The van der Waals surface area contributed by atoms with E-state index in [2.05, 4.69) is 4.72 Å². The fourth-order valence-corrected chi connectivity index (χ4v) is 5.74. The molecule has 1 saturated heterocycles. The highest BCUT2D eigenvalue weighted by Gasteiger charge is 2.27. The highest BCUT2D eigenvalue weighted by Crippen LogP contribution is 2.31. The molecular weight excluding hydrogens is 444 g/mol. The van der Waals surface area contributed by atoms with Crippen molar-refractivity contribution in [3.05, 3.63) is 42.5 Å². The van der Waals surface area contributed by atoms with Crippen molar-refractivity contribution in [3.63, 3.8) is 0 Å². The number of anilines is 1. The Kier molecular flexibility index (Phi) is 7.42. The summed E-state index contributed by atoms with van der Waals surface area (Å²) >= 11 is 0. The smallest absolute Gasteiger partial charge is 0.261 e. The molecule has 9 nitrogen and oxygen atoms in total. The molecule has 1 heterocycles. The van der Waals surface area contributed by atoms with Crippen LogP contribution in [0.4, 0.5) is 5.69 Å². The molecule has 0 radical (unpaired) electrons. The van der Waals surface area contributed by atoms with E-state index in [1.54, 1.807) is 19.2 Å². The van der Waals surface area contributed by atoms with Crippen LogP contribution in [0.3, 0.4) is 0 Å². The van der Waals surface area contributed by atoms with E-state index in [9.17, 15) is 16.8 Å². The molecule has 1 fully saturated rings. The standard InChI is InChI=1S/C20H26N2O7S2/c1-27-13-14-29-20-15-16(5-10-19(20)28-2)21-30(23,24)17-6-8-18(9-7-17)31(25,26)22-11-3-4-12-22/h5-10,15,21H,3-4,11-14H2,1-2H3. The van der Waals surface area contributed by atoms with Crippen molar-refractivity contribution in [2.75, 3.05) is 45.2 Å². The zero-order valence-electron chi connectivity index (χ0n) is 17.4. The fraction of sp³-hybridized carbons (Fsp3) is 0.400.